The summed E-state index contributed by atoms with van der Waals surface area (Å²) in [5.41, 5.74) is 3.08. The summed E-state index contributed by atoms with van der Waals surface area (Å²) in [7, 11) is 0. The topological polar surface area (TPSA) is 54.0 Å². The molecule has 1 amide bonds. The van der Waals surface area contributed by atoms with Crippen LogP contribution >= 0.6 is 0 Å². The molecule has 1 aliphatic carbocycles. The summed E-state index contributed by atoms with van der Waals surface area (Å²) >= 11 is 0. The van der Waals surface area contributed by atoms with E-state index in [2.05, 4.69) is 28.6 Å². The van der Waals surface area contributed by atoms with E-state index in [1.807, 2.05) is 30.3 Å². The molecule has 1 aromatic carbocycles. The molecule has 0 atom stereocenters. The first-order valence-electron chi connectivity index (χ1n) is 7.88. The van der Waals surface area contributed by atoms with Gasteiger partial charge in [0, 0.05) is 11.6 Å². The molecule has 1 aliphatic rings. The Morgan fingerprint density at radius 1 is 1.23 bits per heavy atom. The van der Waals surface area contributed by atoms with Gasteiger partial charge in [-0.25, -0.2) is 4.98 Å². The minimum absolute atomic E-state index is 0.116. The van der Waals surface area contributed by atoms with Gasteiger partial charge in [0.2, 0.25) is 5.91 Å². The highest BCUT2D eigenvalue weighted by Gasteiger charge is 2.25. The highest BCUT2D eigenvalue weighted by molar-refractivity contribution is 5.92. The molecule has 0 bridgehead atoms. The van der Waals surface area contributed by atoms with Gasteiger partial charge in [-0.05, 0) is 43.0 Å². The molecule has 0 spiro atoms. The number of aromatic nitrogens is 1. The maximum Gasteiger partial charge on any atom is 0.227 e. The molecule has 1 saturated carbocycles. The summed E-state index contributed by atoms with van der Waals surface area (Å²) in [6.07, 6.45) is 5.85. The Hall–Kier alpha value is -2.36. The number of carbonyl (C=O) groups is 1. The van der Waals surface area contributed by atoms with E-state index in [4.69, 9.17) is 0 Å². The van der Waals surface area contributed by atoms with Crippen LogP contribution in [0.1, 0.15) is 31.7 Å². The Labute approximate surface area is 131 Å². The standard InChI is InChI=1S/C18H21N3O/c1-2-13-6-3-4-9-16(13)21-17-11-10-15(12-19-17)20-18(22)14-7-5-8-14/h3-4,6,9-12,14H,2,5,7-8H2,1H3,(H,19,21)(H,20,22). The van der Waals surface area contributed by atoms with Gasteiger partial charge >= 0.3 is 0 Å². The van der Waals surface area contributed by atoms with E-state index < -0.39 is 0 Å². The molecule has 3 rings (SSSR count). The number of rotatable bonds is 5. The monoisotopic (exact) mass is 295 g/mol. The fourth-order valence-corrected chi connectivity index (χ4v) is 2.55. The molecule has 2 aromatic rings. The van der Waals surface area contributed by atoms with Crippen LogP contribution in [0.3, 0.4) is 0 Å². The number of hydrogen-bond acceptors (Lipinski definition) is 3. The van der Waals surface area contributed by atoms with Gasteiger partial charge in [-0.3, -0.25) is 4.79 Å². The number of amides is 1. The maximum absolute atomic E-state index is 11.9. The van der Waals surface area contributed by atoms with Crippen LogP contribution in [0.4, 0.5) is 17.2 Å². The lowest BCUT2D eigenvalue weighted by atomic mass is 9.85. The summed E-state index contributed by atoms with van der Waals surface area (Å²) in [4.78, 5) is 16.3. The predicted octanol–water partition coefficient (Wildman–Crippen LogP) is 4.13. The molecule has 0 unspecified atom stereocenters. The zero-order chi connectivity index (χ0) is 15.4. The van der Waals surface area contributed by atoms with Gasteiger partial charge in [-0.15, -0.1) is 0 Å². The zero-order valence-electron chi connectivity index (χ0n) is 12.8. The van der Waals surface area contributed by atoms with Crippen molar-refractivity contribution in [2.24, 2.45) is 5.92 Å². The van der Waals surface area contributed by atoms with Crippen LogP contribution in [0.5, 0.6) is 0 Å². The number of para-hydroxylation sites is 1. The lowest BCUT2D eigenvalue weighted by molar-refractivity contribution is -0.122. The van der Waals surface area contributed by atoms with Crippen molar-refractivity contribution < 1.29 is 4.79 Å². The van der Waals surface area contributed by atoms with Gasteiger partial charge in [0.1, 0.15) is 5.82 Å². The van der Waals surface area contributed by atoms with Crippen LogP contribution in [0.25, 0.3) is 0 Å². The van der Waals surface area contributed by atoms with Crippen molar-refractivity contribution in [3.05, 3.63) is 48.2 Å². The van der Waals surface area contributed by atoms with Crippen LogP contribution < -0.4 is 10.6 Å². The quantitative estimate of drug-likeness (QED) is 0.872. The van der Waals surface area contributed by atoms with Gasteiger partial charge in [0.25, 0.3) is 0 Å². The largest absolute Gasteiger partial charge is 0.340 e. The third-order valence-corrected chi connectivity index (χ3v) is 4.17. The second-order valence-electron chi connectivity index (χ2n) is 5.68. The third kappa shape index (κ3) is 3.27. The second-order valence-corrected chi connectivity index (χ2v) is 5.68. The Kier molecular flexibility index (Phi) is 4.37. The van der Waals surface area contributed by atoms with Crippen LogP contribution in [0.15, 0.2) is 42.6 Å². The third-order valence-electron chi connectivity index (χ3n) is 4.17. The Bertz CT molecular complexity index is 648. The van der Waals surface area contributed by atoms with Gasteiger partial charge < -0.3 is 10.6 Å². The number of nitrogens with zero attached hydrogens (tertiary/aromatic N) is 1. The molecule has 1 heterocycles. The van der Waals surface area contributed by atoms with Crippen LogP contribution in [-0.2, 0) is 11.2 Å². The minimum Gasteiger partial charge on any atom is -0.340 e. The minimum atomic E-state index is 0.116. The van der Waals surface area contributed by atoms with Crippen molar-refractivity contribution in [3.8, 4) is 0 Å². The van der Waals surface area contributed by atoms with Crippen molar-refractivity contribution in [1.29, 1.82) is 0 Å². The number of nitrogens with one attached hydrogen (secondary N) is 2. The van der Waals surface area contributed by atoms with Crippen LogP contribution in [0, 0.1) is 5.92 Å². The lowest BCUT2D eigenvalue weighted by Crippen LogP contribution is -2.28. The van der Waals surface area contributed by atoms with Crippen molar-refractivity contribution >= 4 is 23.1 Å². The Morgan fingerprint density at radius 2 is 2.05 bits per heavy atom. The number of anilines is 3. The number of carbonyl (C=O) groups excluding carboxylic acids is 1. The highest BCUT2D eigenvalue weighted by Crippen LogP contribution is 2.27. The number of benzene rings is 1. The van der Waals surface area contributed by atoms with Gasteiger partial charge in [0.05, 0.1) is 11.9 Å². The normalized spacial score (nSPS) is 14.2. The van der Waals surface area contributed by atoms with Crippen LogP contribution in [0.2, 0.25) is 0 Å². The molecule has 4 heteroatoms. The molecule has 2 N–H and O–H groups in total. The number of pyridine rings is 1. The molecular weight excluding hydrogens is 274 g/mol. The summed E-state index contributed by atoms with van der Waals surface area (Å²) in [6, 6.07) is 12.0. The SMILES string of the molecule is CCc1ccccc1Nc1ccc(NC(=O)C2CCC2)cn1. The average Bonchev–Trinajstić information content (AvgIpc) is 2.48. The molecule has 114 valence electrons. The van der Waals surface area contributed by atoms with Crippen molar-refractivity contribution in [1.82, 2.24) is 4.98 Å². The molecule has 4 nitrogen and oxygen atoms in total. The van der Waals surface area contributed by atoms with E-state index in [0.717, 1.165) is 42.9 Å². The molecule has 22 heavy (non-hydrogen) atoms. The summed E-state index contributed by atoms with van der Waals surface area (Å²) in [6.45, 7) is 2.13. The number of hydrogen-bond donors (Lipinski definition) is 2. The molecule has 0 aliphatic heterocycles. The van der Waals surface area contributed by atoms with E-state index in [-0.39, 0.29) is 11.8 Å². The second kappa shape index (κ2) is 6.60. The molecular formula is C18H21N3O. The van der Waals surface area contributed by atoms with Gasteiger partial charge in [0.15, 0.2) is 0 Å². The first kappa shape index (κ1) is 14.6. The molecule has 0 saturated heterocycles. The first-order chi connectivity index (χ1) is 10.8. The molecule has 1 fully saturated rings. The first-order valence-corrected chi connectivity index (χ1v) is 7.88. The Morgan fingerprint density at radius 3 is 2.68 bits per heavy atom. The average molecular weight is 295 g/mol. The Balaban J connectivity index is 1.65. The van der Waals surface area contributed by atoms with E-state index in [1.165, 1.54) is 5.56 Å². The molecule has 1 aromatic heterocycles. The van der Waals surface area contributed by atoms with Gasteiger partial charge in [-0.1, -0.05) is 31.5 Å². The summed E-state index contributed by atoms with van der Waals surface area (Å²) in [5.74, 6) is 1.09. The van der Waals surface area contributed by atoms with Gasteiger partial charge in [-0.2, -0.15) is 0 Å². The molecule has 0 radical (unpaired) electrons. The number of aryl methyl sites for hydroxylation is 1. The zero-order valence-corrected chi connectivity index (χ0v) is 12.8. The van der Waals surface area contributed by atoms with Crippen molar-refractivity contribution in [3.63, 3.8) is 0 Å². The maximum atomic E-state index is 11.9. The van der Waals surface area contributed by atoms with E-state index in [1.54, 1.807) is 6.20 Å². The fraction of sp³-hybridized carbons (Fsp3) is 0.333. The van der Waals surface area contributed by atoms with E-state index in [0.29, 0.717) is 0 Å². The van der Waals surface area contributed by atoms with Crippen LogP contribution in [-0.4, -0.2) is 10.9 Å². The smallest absolute Gasteiger partial charge is 0.227 e. The predicted molar refractivity (Wildman–Crippen MR) is 89.3 cm³/mol. The lowest BCUT2D eigenvalue weighted by Gasteiger charge is -2.23. The summed E-state index contributed by atoms with van der Waals surface area (Å²) in [5, 5.41) is 6.25. The van der Waals surface area contributed by atoms with Crippen molar-refractivity contribution in [2.75, 3.05) is 10.6 Å². The highest BCUT2D eigenvalue weighted by atomic mass is 16.1. The van der Waals surface area contributed by atoms with Crippen molar-refractivity contribution in [2.45, 2.75) is 32.6 Å². The summed E-state index contributed by atoms with van der Waals surface area (Å²) < 4.78 is 0. The fourth-order valence-electron chi connectivity index (χ4n) is 2.55. The van der Waals surface area contributed by atoms with E-state index >= 15 is 0 Å². The van der Waals surface area contributed by atoms with E-state index in [9.17, 15) is 4.79 Å².